The summed E-state index contributed by atoms with van der Waals surface area (Å²) in [6, 6.07) is -0.663. The van der Waals surface area contributed by atoms with Crippen molar-refractivity contribution < 1.29 is 19.4 Å². The SMILES string of the molecule is COC(=O)C(O)CC(=O)[C@@H](C)N. The molecule has 0 radical (unpaired) electrons. The normalized spacial score (nSPS) is 15.0. The monoisotopic (exact) mass is 175 g/mol. The predicted octanol–water partition coefficient (Wildman–Crippen LogP) is -1.17. The first-order chi connectivity index (χ1) is 5.49. The number of aliphatic hydroxyl groups is 1. The van der Waals surface area contributed by atoms with Crippen LogP contribution >= 0.6 is 0 Å². The Kier molecular flexibility index (Phi) is 4.46. The molecular weight excluding hydrogens is 162 g/mol. The molecule has 2 atom stereocenters. The van der Waals surface area contributed by atoms with Crippen LogP contribution in [0.15, 0.2) is 0 Å². The number of carbonyl (C=O) groups is 2. The lowest BCUT2D eigenvalue weighted by Crippen LogP contribution is -2.33. The molecule has 0 aromatic carbocycles. The molecule has 1 unspecified atom stereocenters. The molecule has 0 fully saturated rings. The van der Waals surface area contributed by atoms with Crippen molar-refractivity contribution in [3.63, 3.8) is 0 Å². The first-order valence-corrected chi connectivity index (χ1v) is 3.53. The molecule has 3 N–H and O–H groups in total. The Morgan fingerprint density at radius 2 is 2.08 bits per heavy atom. The minimum absolute atomic E-state index is 0.287. The Labute approximate surface area is 70.5 Å². The van der Waals surface area contributed by atoms with Crippen LogP contribution in [0.25, 0.3) is 0 Å². The lowest BCUT2D eigenvalue weighted by Gasteiger charge is -2.08. The molecule has 0 aromatic rings. The minimum atomic E-state index is -1.39. The van der Waals surface area contributed by atoms with Crippen LogP contribution in [0.2, 0.25) is 0 Å². The number of methoxy groups -OCH3 is 1. The summed E-state index contributed by atoms with van der Waals surface area (Å²) in [4.78, 5) is 21.5. The van der Waals surface area contributed by atoms with Crippen LogP contribution in [-0.4, -0.2) is 36.1 Å². The van der Waals surface area contributed by atoms with E-state index in [-0.39, 0.29) is 12.2 Å². The number of hydrogen-bond donors (Lipinski definition) is 2. The van der Waals surface area contributed by atoms with Gasteiger partial charge in [0.15, 0.2) is 11.9 Å². The van der Waals surface area contributed by atoms with Gasteiger partial charge >= 0.3 is 5.97 Å². The van der Waals surface area contributed by atoms with Crippen LogP contribution < -0.4 is 5.73 Å². The van der Waals surface area contributed by atoms with Gasteiger partial charge in [0.2, 0.25) is 0 Å². The van der Waals surface area contributed by atoms with Crippen molar-refractivity contribution in [1.82, 2.24) is 0 Å². The summed E-state index contributed by atoms with van der Waals surface area (Å²) < 4.78 is 4.21. The van der Waals surface area contributed by atoms with Gasteiger partial charge in [0.1, 0.15) is 0 Å². The van der Waals surface area contributed by atoms with Gasteiger partial charge in [-0.1, -0.05) is 0 Å². The molecule has 0 rings (SSSR count). The molecule has 0 bridgehead atoms. The van der Waals surface area contributed by atoms with E-state index < -0.39 is 18.1 Å². The number of aliphatic hydroxyl groups excluding tert-OH is 1. The number of carbonyl (C=O) groups excluding carboxylic acids is 2. The minimum Gasteiger partial charge on any atom is -0.467 e. The maximum absolute atomic E-state index is 10.9. The van der Waals surface area contributed by atoms with Crippen LogP contribution in [0, 0.1) is 0 Å². The van der Waals surface area contributed by atoms with E-state index in [0.717, 1.165) is 7.11 Å². The van der Waals surface area contributed by atoms with Crippen molar-refractivity contribution in [3.8, 4) is 0 Å². The van der Waals surface area contributed by atoms with Crippen molar-refractivity contribution >= 4 is 11.8 Å². The van der Waals surface area contributed by atoms with Crippen molar-refractivity contribution in [2.75, 3.05) is 7.11 Å². The van der Waals surface area contributed by atoms with Gasteiger partial charge in [-0.05, 0) is 6.92 Å². The van der Waals surface area contributed by atoms with E-state index in [1.165, 1.54) is 6.92 Å². The lowest BCUT2D eigenvalue weighted by molar-refractivity contribution is -0.152. The second-order valence-corrected chi connectivity index (χ2v) is 2.50. The van der Waals surface area contributed by atoms with Crippen LogP contribution in [-0.2, 0) is 14.3 Å². The van der Waals surface area contributed by atoms with Gasteiger partial charge in [-0.3, -0.25) is 4.79 Å². The summed E-state index contributed by atoms with van der Waals surface area (Å²) in [6.07, 6.45) is -1.68. The molecule has 12 heavy (non-hydrogen) atoms. The topological polar surface area (TPSA) is 89.6 Å². The highest BCUT2D eigenvalue weighted by molar-refractivity contribution is 5.88. The molecule has 0 aliphatic heterocycles. The Morgan fingerprint density at radius 1 is 1.58 bits per heavy atom. The van der Waals surface area contributed by atoms with E-state index in [9.17, 15) is 9.59 Å². The smallest absolute Gasteiger partial charge is 0.335 e. The Morgan fingerprint density at radius 3 is 2.42 bits per heavy atom. The zero-order valence-electron chi connectivity index (χ0n) is 7.11. The number of esters is 1. The van der Waals surface area contributed by atoms with Crippen molar-refractivity contribution in [3.05, 3.63) is 0 Å². The number of Topliss-reactive ketones (excluding diaryl/α,β-unsaturated/α-hetero) is 1. The van der Waals surface area contributed by atoms with Crippen LogP contribution in [0.3, 0.4) is 0 Å². The fourth-order valence-electron chi connectivity index (χ4n) is 0.596. The fraction of sp³-hybridized carbons (Fsp3) is 0.714. The Bertz CT molecular complexity index is 178. The van der Waals surface area contributed by atoms with E-state index in [2.05, 4.69) is 4.74 Å². The number of ether oxygens (including phenoxy) is 1. The summed E-state index contributed by atoms with van der Waals surface area (Å²) in [5.74, 6) is -1.18. The molecule has 0 saturated carbocycles. The second kappa shape index (κ2) is 4.84. The van der Waals surface area contributed by atoms with Crippen LogP contribution in [0.5, 0.6) is 0 Å². The highest BCUT2D eigenvalue weighted by Crippen LogP contribution is 1.97. The summed E-state index contributed by atoms with van der Waals surface area (Å²) in [5, 5.41) is 8.99. The molecule has 0 amide bonds. The van der Waals surface area contributed by atoms with Crippen LogP contribution in [0.1, 0.15) is 13.3 Å². The zero-order valence-corrected chi connectivity index (χ0v) is 7.11. The fourth-order valence-corrected chi connectivity index (χ4v) is 0.596. The Hall–Kier alpha value is -0.940. The molecule has 0 aliphatic carbocycles. The maximum atomic E-state index is 10.9. The van der Waals surface area contributed by atoms with E-state index in [4.69, 9.17) is 10.8 Å². The number of ketones is 1. The van der Waals surface area contributed by atoms with Gasteiger partial charge in [-0.2, -0.15) is 0 Å². The van der Waals surface area contributed by atoms with Gasteiger partial charge in [0, 0.05) is 6.42 Å². The number of rotatable bonds is 4. The van der Waals surface area contributed by atoms with E-state index in [1.54, 1.807) is 0 Å². The average Bonchev–Trinajstić information content (AvgIpc) is 2.02. The maximum Gasteiger partial charge on any atom is 0.335 e. The summed E-state index contributed by atoms with van der Waals surface area (Å²) >= 11 is 0. The van der Waals surface area contributed by atoms with Crippen molar-refractivity contribution in [2.24, 2.45) is 5.73 Å². The van der Waals surface area contributed by atoms with Crippen molar-refractivity contribution in [1.29, 1.82) is 0 Å². The first kappa shape index (κ1) is 11.1. The lowest BCUT2D eigenvalue weighted by atomic mass is 10.1. The highest BCUT2D eigenvalue weighted by Gasteiger charge is 2.20. The molecule has 5 nitrogen and oxygen atoms in total. The third-order valence-electron chi connectivity index (χ3n) is 1.38. The molecule has 0 spiro atoms. The number of nitrogens with two attached hydrogens (primary N) is 1. The molecule has 5 heteroatoms. The molecule has 0 aliphatic rings. The second-order valence-electron chi connectivity index (χ2n) is 2.50. The summed E-state index contributed by atoms with van der Waals surface area (Å²) in [5.41, 5.74) is 5.21. The third kappa shape index (κ3) is 3.45. The quantitative estimate of drug-likeness (QED) is 0.525. The van der Waals surface area contributed by atoms with E-state index in [1.807, 2.05) is 0 Å². The van der Waals surface area contributed by atoms with E-state index in [0.29, 0.717) is 0 Å². The molecule has 0 aromatic heterocycles. The summed E-state index contributed by atoms with van der Waals surface area (Å²) in [7, 11) is 1.14. The van der Waals surface area contributed by atoms with Crippen LogP contribution in [0.4, 0.5) is 0 Å². The van der Waals surface area contributed by atoms with Gasteiger partial charge < -0.3 is 15.6 Å². The molecule has 0 saturated heterocycles. The zero-order chi connectivity index (χ0) is 9.72. The van der Waals surface area contributed by atoms with Gasteiger partial charge in [0.25, 0.3) is 0 Å². The Balaban J connectivity index is 3.92. The predicted molar refractivity (Wildman–Crippen MR) is 41.3 cm³/mol. The summed E-state index contributed by atoms with van der Waals surface area (Å²) in [6.45, 7) is 1.49. The average molecular weight is 175 g/mol. The third-order valence-corrected chi connectivity index (χ3v) is 1.38. The molecule has 70 valence electrons. The standard InChI is InChI=1S/C7H13NO4/c1-4(8)5(9)3-6(10)7(11)12-2/h4,6,10H,3,8H2,1-2H3/t4-,6?/m1/s1. The van der Waals surface area contributed by atoms with Gasteiger partial charge in [-0.25, -0.2) is 4.79 Å². The van der Waals surface area contributed by atoms with Gasteiger partial charge in [-0.15, -0.1) is 0 Å². The molecule has 0 heterocycles. The van der Waals surface area contributed by atoms with E-state index >= 15 is 0 Å². The van der Waals surface area contributed by atoms with Crippen molar-refractivity contribution in [2.45, 2.75) is 25.5 Å². The van der Waals surface area contributed by atoms with Gasteiger partial charge in [0.05, 0.1) is 13.2 Å². The highest BCUT2D eigenvalue weighted by atomic mass is 16.5. The largest absolute Gasteiger partial charge is 0.467 e. The first-order valence-electron chi connectivity index (χ1n) is 3.53. The number of hydrogen-bond acceptors (Lipinski definition) is 5. The molecular formula is C7H13NO4.